The highest BCUT2D eigenvalue weighted by molar-refractivity contribution is 6.37. The Kier molecular flexibility index (Phi) is 7.13. The Balaban J connectivity index is 2.39. The van der Waals surface area contributed by atoms with Crippen molar-refractivity contribution in [2.75, 3.05) is 33.9 Å². The number of likely N-dealkylation sites (N-methyl/N-ethyl adjacent to an activating group) is 1. The highest BCUT2D eigenvalue weighted by atomic mass is 35.5. The van der Waals surface area contributed by atoms with Gasteiger partial charge in [0, 0.05) is 13.1 Å². The van der Waals surface area contributed by atoms with Crippen LogP contribution in [0.4, 0.5) is 0 Å². The second-order valence-corrected chi connectivity index (χ2v) is 5.40. The fraction of sp³-hybridized carbons (Fsp3) is 0.500. The highest BCUT2D eigenvalue weighted by Crippen LogP contribution is 2.32. The van der Waals surface area contributed by atoms with Crippen LogP contribution < -0.4 is 4.74 Å². The molecule has 4 nitrogen and oxygen atoms in total. The van der Waals surface area contributed by atoms with Gasteiger partial charge in [-0.25, -0.2) is 0 Å². The Morgan fingerprint density at radius 2 is 1.95 bits per heavy atom. The fourth-order valence-electron chi connectivity index (χ4n) is 1.76. The van der Waals surface area contributed by atoms with E-state index in [1.165, 1.54) is 7.11 Å². The molecule has 1 aromatic carbocycles. The molecule has 0 aliphatic carbocycles. The molecule has 112 valence electrons. The lowest BCUT2D eigenvalue weighted by atomic mass is 10.2. The second-order valence-electron chi connectivity index (χ2n) is 4.59. The molecule has 1 rings (SSSR count). The summed E-state index contributed by atoms with van der Waals surface area (Å²) in [6, 6.07) is 5.22. The summed E-state index contributed by atoms with van der Waals surface area (Å²) in [4.78, 5) is 13.3. The number of para-hydroxylation sites is 1. The number of carbonyl (C=O) groups is 1. The molecule has 20 heavy (non-hydrogen) atoms. The summed E-state index contributed by atoms with van der Waals surface area (Å²) in [7, 11) is 3.30. The van der Waals surface area contributed by atoms with Crippen molar-refractivity contribution in [1.82, 2.24) is 4.90 Å². The molecule has 1 aromatic rings. The van der Waals surface area contributed by atoms with Gasteiger partial charge < -0.3 is 14.4 Å². The van der Waals surface area contributed by atoms with Crippen LogP contribution in [-0.2, 0) is 9.53 Å². The number of benzene rings is 1. The van der Waals surface area contributed by atoms with Crippen molar-refractivity contribution in [2.24, 2.45) is 5.92 Å². The summed E-state index contributed by atoms with van der Waals surface area (Å²) in [5.74, 6) is 0.103. The quantitative estimate of drug-likeness (QED) is 0.724. The molecule has 1 unspecified atom stereocenters. The van der Waals surface area contributed by atoms with Crippen LogP contribution in [0, 0.1) is 5.92 Å². The van der Waals surface area contributed by atoms with Gasteiger partial charge in [-0.3, -0.25) is 4.79 Å². The molecular weight excluding hydrogens is 301 g/mol. The third-order valence-corrected chi connectivity index (χ3v) is 3.42. The molecule has 0 saturated heterocycles. The minimum absolute atomic E-state index is 0.172. The number of esters is 1. The zero-order valence-corrected chi connectivity index (χ0v) is 13.4. The van der Waals surface area contributed by atoms with Crippen LogP contribution in [0.2, 0.25) is 10.0 Å². The summed E-state index contributed by atoms with van der Waals surface area (Å²) < 4.78 is 10.3. The van der Waals surface area contributed by atoms with Gasteiger partial charge in [-0.2, -0.15) is 0 Å². The minimum Gasteiger partial charge on any atom is -0.489 e. The number of hydrogen-bond acceptors (Lipinski definition) is 4. The number of carbonyl (C=O) groups excluding carboxylic acids is 1. The lowest BCUT2D eigenvalue weighted by molar-refractivity contribution is -0.145. The Hall–Kier alpha value is -0.970. The predicted octanol–water partition coefficient (Wildman–Crippen LogP) is 3.11. The van der Waals surface area contributed by atoms with Crippen molar-refractivity contribution in [3.05, 3.63) is 28.2 Å². The molecule has 1 atom stereocenters. The third kappa shape index (κ3) is 5.19. The van der Waals surface area contributed by atoms with Crippen LogP contribution in [0.15, 0.2) is 18.2 Å². The molecule has 0 N–H and O–H groups in total. The maximum atomic E-state index is 11.3. The highest BCUT2D eigenvalue weighted by Gasteiger charge is 2.15. The SMILES string of the molecule is COC(=O)C(C)CN(C)CCOc1c(Cl)cccc1Cl. The van der Waals surface area contributed by atoms with E-state index < -0.39 is 0 Å². The summed E-state index contributed by atoms with van der Waals surface area (Å²) in [5, 5.41) is 0.978. The van der Waals surface area contributed by atoms with E-state index in [9.17, 15) is 4.79 Å². The number of nitrogens with zero attached hydrogens (tertiary/aromatic N) is 1. The first-order chi connectivity index (χ1) is 9.45. The van der Waals surface area contributed by atoms with Crippen LogP contribution in [0.1, 0.15) is 6.92 Å². The molecule has 0 heterocycles. The largest absolute Gasteiger partial charge is 0.489 e. The van der Waals surface area contributed by atoms with Gasteiger partial charge in [-0.05, 0) is 19.2 Å². The number of methoxy groups -OCH3 is 1. The van der Waals surface area contributed by atoms with E-state index in [0.29, 0.717) is 35.5 Å². The molecule has 0 bridgehead atoms. The standard InChI is InChI=1S/C14H19Cl2NO3/c1-10(14(18)19-3)9-17(2)7-8-20-13-11(15)5-4-6-12(13)16/h4-6,10H,7-9H2,1-3H3. The van der Waals surface area contributed by atoms with E-state index in [4.69, 9.17) is 27.9 Å². The van der Waals surface area contributed by atoms with Crippen LogP contribution in [0.3, 0.4) is 0 Å². The van der Waals surface area contributed by atoms with Gasteiger partial charge in [-0.15, -0.1) is 0 Å². The van der Waals surface area contributed by atoms with Crippen LogP contribution in [0.25, 0.3) is 0 Å². The molecule has 0 saturated carbocycles. The molecule has 0 fully saturated rings. The van der Waals surface area contributed by atoms with Gasteiger partial charge in [0.15, 0.2) is 5.75 Å². The first kappa shape index (κ1) is 17.1. The third-order valence-electron chi connectivity index (χ3n) is 2.83. The number of rotatable bonds is 7. The van der Waals surface area contributed by atoms with E-state index in [2.05, 4.69) is 4.74 Å². The van der Waals surface area contributed by atoms with Gasteiger partial charge in [0.2, 0.25) is 0 Å². The van der Waals surface area contributed by atoms with Crippen molar-refractivity contribution in [1.29, 1.82) is 0 Å². The van der Waals surface area contributed by atoms with Gasteiger partial charge >= 0.3 is 5.97 Å². The predicted molar refractivity (Wildman–Crippen MR) is 80.6 cm³/mol. The molecule has 6 heteroatoms. The molecule has 0 amide bonds. The zero-order chi connectivity index (χ0) is 15.1. The van der Waals surface area contributed by atoms with Gasteiger partial charge in [0.1, 0.15) is 6.61 Å². The topological polar surface area (TPSA) is 38.8 Å². The van der Waals surface area contributed by atoms with Crippen molar-refractivity contribution in [2.45, 2.75) is 6.92 Å². The zero-order valence-electron chi connectivity index (χ0n) is 11.9. The Labute approximate surface area is 129 Å². The lowest BCUT2D eigenvalue weighted by Gasteiger charge is -2.20. The maximum absolute atomic E-state index is 11.3. The molecule has 0 radical (unpaired) electrons. The van der Waals surface area contributed by atoms with Crippen LogP contribution >= 0.6 is 23.2 Å². The van der Waals surface area contributed by atoms with E-state index in [-0.39, 0.29) is 11.9 Å². The average molecular weight is 320 g/mol. The Morgan fingerprint density at radius 3 is 2.50 bits per heavy atom. The van der Waals surface area contributed by atoms with Crippen molar-refractivity contribution >= 4 is 29.2 Å². The Morgan fingerprint density at radius 1 is 1.35 bits per heavy atom. The van der Waals surface area contributed by atoms with Gasteiger partial charge in [0.25, 0.3) is 0 Å². The second kappa shape index (κ2) is 8.35. The van der Waals surface area contributed by atoms with Crippen molar-refractivity contribution in [3.8, 4) is 5.75 Å². The first-order valence-corrected chi connectivity index (χ1v) is 7.04. The molecular formula is C14H19Cl2NO3. The van der Waals surface area contributed by atoms with E-state index in [1.807, 2.05) is 18.9 Å². The summed E-state index contributed by atoms with van der Waals surface area (Å²) in [6.45, 7) is 3.52. The molecule has 0 aliphatic rings. The smallest absolute Gasteiger partial charge is 0.309 e. The summed E-state index contributed by atoms with van der Waals surface area (Å²) >= 11 is 12.0. The van der Waals surface area contributed by atoms with Crippen molar-refractivity contribution in [3.63, 3.8) is 0 Å². The summed E-state index contributed by atoms with van der Waals surface area (Å²) in [6.07, 6.45) is 0. The van der Waals surface area contributed by atoms with E-state index in [0.717, 1.165) is 0 Å². The molecule has 0 aromatic heterocycles. The minimum atomic E-state index is -0.216. The normalized spacial score (nSPS) is 12.3. The molecule has 0 aliphatic heterocycles. The Bertz CT molecular complexity index is 434. The molecule has 0 spiro atoms. The van der Waals surface area contributed by atoms with Crippen LogP contribution in [0.5, 0.6) is 5.75 Å². The average Bonchev–Trinajstić information content (AvgIpc) is 2.41. The summed E-state index contributed by atoms with van der Waals surface area (Å²) in [5.41, 5.74) is 0. The van der Waals surface area contributed by atoms with E-state index >= 15 is 0 Å². The van der Waals surface area contributed by atoms with E-state index in [1.54, 1.807) is 18.2 Å². The lowest BCUT2D eigenvalue weighted by Crippen LogP contribution is -2.32. The van der Waals surface area contributed by atoms with Gasteiger partial charge in [-0.1, -0.05) is 36.2 Å². The maximum Gasteiger partial charge on any atom is 0.309 e. The van der Waals surface area contributed by atoms with Crippen molar-refractivity contribution < 1.29 is 14.3 Å². The number of hydrogen-bond donors (Lipinski definition) is 0. The van der Waals surface area contributed by atoms with Crippen LogP contribution in [-0.4, -0.2) is 44.7 Å². The number of halogens is 2. The number of ether oxygens (including phenoxy) is 2. The first-order valence-electron chi connectivity index (χ1n) is 6.29. The fourth-order valence-corrected chi connectivity index (χ4v) is 2.27. The van der Waals surface area contributed by atoms with Gasteiger partial charge in [0.05, 0.1) is 23.1 Å². The monoisotopic (exact) mass is 319 g/mol.